The SMILES string of the molecule is CC1(N)CCN(c2c(C(=O)NC(C3CC3)C3CC3)ccnc2-c2cc(F)cc(F)c2)C1. The Labute approximate surface area is 181 Å². The fourth-order valence-electron chi connectivity index (χ4n) is 4.79. The fourth-order valence-corrected chi connectivity index (χ4v) is 4.79. The number of rotatable bonds is 6. The summed E-state index contributed by atoms with van der Waals surface area (Å²) in [5, 5.41) is 3.27. The van der Waals surface area contributed by atoms with Crippen molar-refractivity contribution in [2.45, 2.75) is 50.6 Å². The molecule has 1 aliphatic heterocycles. The van der Waals surface area contributed by atoms with Crippen LogP contribution in [0, 0.1) is 23.5 Å². The molecule has 2 aliphatic carbocycles. The van der Waals surface area contributed by atoms with E-state index in [1.165, 1.54) is 18.3 Å². The zero-order valence-electron chi connectivity index (χ0n) is 17.7. The molecule has 3 aliphatic rings. The maximum absolute atomic E-state index is 14.0. The minimum Gasteiger partial charge on any atom is -0.367 e. The molecule has 1 aromatic carbocycles. The summed E-state index contributed by atoms with van der Waals surface area (Å²) in [6, 6.07) is 5.26. The van der Waals surface area contributed by atoms with Crippen molar-refractivity contribution >= 4 is 11.6 Å². The van der Waals surface area contributed by atoms with Crippen molar-refractivity contribution in [3.05, 3.63) is 47.7 Å². The van der Waals surface area contributed by atoms with Gasteiger partial charge in [-0.15, -0.1) is 0 Å². The summed E-state index contributed by atoms with van der Waals surface area (Å²) < 4.78 is 28.0. The smallest absolute Gasteiger partial charge is 0.253 e. The Hall–Kier alpha value is -2.54. The molecule has 1 aromatic heterocycles. The van der Waals surface area contributed by atoms with Crippen molar-refractivity contribution in [3.63, 3.8) is 0 Å². The molecule has 5 rings (SSSR count). The summed E-state index contributed by atoms with van der Waals surface area (Å²) in [5.74, 6) is -0.365. The molecule has 2 saturated carbocycles. The Kier molecular flexibility index (Phi) is 4.96. The highest BCUT2D eigenvalue weighted by atomic mass is 19.1. The number of nitrogens with zero attached hydrogens (tertiary/aromatic N) is 2. The van der Waals surface area contributed by atoms with E-state index in [0.29, 0.717) is 47.4 Å². The second kappa shape index (κ2) is 7.55. The zero-order chi connectivity index (χ0) is 21.8. The third-order valence-corrected chi connectivity index (χ3v) is 6.68. The molecule has 0 spiro atoms. The molecule has 3 fully saturated rings. The number of halogens is 2. The summed E-state index contributed by atoms with van der Waals surface area (Å²) in [7, 11) is 0. The van der Waals surface area contributed by atoms with Gasteiger partial charge in [0, 0.05) is 42.5 Å². The van der Waals surface area contributed by atoms with Crippen molar-refractivity contribution in [1.29, 1.82) is 0 Å². The number of nitrogens with two attached hydrogens (primary N) is 1. The van der Waals surface area contributed by atoms with Crippen molar-refractivity contribution in [2.75, 3.05) is 18.0 Å². The maximum atomic E-state index is 14.0. The number of hydrogen-bond donors (Lipinski definition) is 2. The molecule has 3 N–H and O–H groups in total. The van der Waals surface area contributed by atoms with E-state index in [2.05, 4.69) is 10.3 Å². The monoisotopic (exact) mass is 426 g/mol. The van der Waals surface area contributed by atoms with Crippen molar-refractivity contribution < 1.29 is 13.6 Å². The molecule has 0 bridgehead atoms. The van der Waals surface area contributed by atoms with Gasteiger partial charge in [0.1, 0.15) is 11.6 Å². The van der Waals surface area contributed by atoms with Gasteiger partial charge >= 0.3 is 0 Å². The molecular formula is C24H28F2N4O. The van der Waals surface area contributed by atoms with Gasteiger partial charge in [-0.3, -0.25) is 9.78 Å². The standard InChI is InChI=1S/C24H28F2N4O/c1-24(27)7-9-30(13-24)22-19(23(31)29-20(14-2-3-14)15-4-5-15)6-8-28-21(22)16-10-17(25)12-18(26)11-16/h6,8,10-12,14-15,20H,2-5,7,9,13,27H2,1H3,(H,29,31). The molecule has 1 amide bonds. The quantitative estimate of drug-likeness (QED) is 0.736. The highest BCUT2D eigenvalue weighted by molar-refractivity contribution is 6.03. The lowest BCUT2D eigenvalue weighted by Gasteiger charge is -2.27. The van der Waals surface area contributed by atoms with Gasteiger partial charge in [0.05, 0.1) is 16.9 Å². The van der Waals surface area contributed by atoms with Crippen LogP contribution in [0.4, 0.5) is 14.5 Å². The third kappa shape index (κ3) is 4.28. The average Bonchev–Trinajstić information content (AvgIpc) is 3.63. The van der Waals surface area contributed by atoms with Crippen LogP contribution in [0.3, 0.4) is 0 Å². The van der Waals surface area contributed by atoms with Crippen molar-refractivity contribution in [1.82, 2.24) is 10.3 Å². The van der Waals surface area contributed by atoms with Crippen LogP contribution in [0.2, 0.25) is 0 Å². The minimum absolute atomic E-state index is 0.148. The highest BCUT2D eigenvalue weighted by Crippen LogP contribution is 2.45. The van der Waals surface area contributed by atoms with E-state index in [9.17, 15) is 13.6 Å². The number of hydrogen-bond acceptors (Lipinski definition) is 4. The molecule has 7 heteroatoms. The van der Waals surface area contributed by atoms with E-state index in [4.69, 9.17) is 5.73 Å². The molecule has 1 saturated heterocycles. The van der Waals surface area contributed by atoms with Gasteiger partial charge in [0.2, 0.25) is 0 Å². The van der Waals surface area contributed by atoms with E-state index in [1.54, 1.807) is 6.07 Å². The highest BCUT2D eigenvalue weighted by Gasteiger charge is 2.43. The number of pyridine rings is 1. The Balaban J connectivity index is 1.56. The zero-order valence-corrected chi connectivity index (χ0v) is 17.7. The normalized spacial score (nSPS) is 23.5. The van der Waals surface area contributed by atoms with Gasteiger partial charge in [0.25, 0.3) is 5.91 Å². The molecule has 1 unspecified atom stereocenters. The van der Waals surface area contributed by atoms with Gasteiger partial charge in [0.15, 0.2) is 0 Å². The summed E-state index contributed by atoms with van der Waals surface area (Å²) in [6.07, 6.45) is 6.95. The lowest BCUT2D eigenvalue weighted by atomic mass is 10.0. The predicted octanol–water partition coefficient (Wildman–Crippen LogP) is 3.87. The fraction of sp³-hybridized carbons (Fsp3) is 0.500. The predicted molar refractivity (Wildman–Crippen MR) is 116 cm³/mol. The maximum Gasteiger partial charge on any atom is 0.253 e. The lowest BCUT2D eigenvalue weighted by molar-refractivity contribution is 0.0926. The lowest BCUT2D eigenvalue weighted by Crippen LogP contribution is -2.41. The van der Waals surface area contributed by atoms with Gasteiger partial charge in [-0.1, -0.05) is 0 Å². The van der Waals surface area contributed by atoms with Crippen LogP contribution in [0.15, 0.2) is 30.5 Å². The van der Waals surface area contributed by atoms with Crippen LogP contribution < -0.4 is 16.0 Å². The molecule has 1 atom stereocenters. The number of amides is 1. The van der Waals surface area contributed by atoms with E-state index in [-0.39, 0.29) is 11.9 Å². The van der Waals surface area contributed by atoms with Crippen LogP contribution in [-0.4, -0.2) is 35.6 Å². The minimum atomic E-state index is -0.676. The molecule has 2 heterocycles. The number of carbonyl (C=O) groups is 1. The number of anilines is 1. The second-order valence-electron chi connectivity index (χ2n) is 9.71. The van der Waals surface area contributed by atoms with E-state index >= 15 is 0 Å². The first-order chi connectivity index (χ1) is 14.8. The van der Waals surface area contributed by atoms with E-state index in [1.807, 2.05) is 11.8 Å². The Bertz CT molecular complexity index is 984. The summed E-state index contributed by atoms with van der Waals surface area (Å²) >= 11 is 0. The van der Waals surface area contributed by atoms with Crippen LogP contribution >= 0.6 is 0 Å². The average molecular weight is 427 g/mol. The summed E-state index contributed by atoms with van der Waals surface area (Å²) in [4.78, 5) is 19.9. The Morgan fingerprint density at radius 3 is 2.39 bits per heavy atom. The number of carbonyl (C=O) groups excluding carboxylic acids is 1. The van der Waals surface area contributed by atoms with Crippen LogP contribution in [0.5, 0.6) is 0 Å². The topological polar surface area (TPSA) is 71.2 Å². The van der Waals surface area contributed by atoms with E-state index in [0.717, 1.165) is 38.2 Å². The van der Waals surface area contributed by atoms with Crippen molar-refractivity contribution in [3.8, 4) is 11.3 Å². The largest absolute Gasteiger partial charge is 0.367 e. The van der Waals surface area contributed by atoms with Gasteiger partial charge < -0.3 is 16.0 Å². The Morgan fingerprint density at radius 1 is 1.19 bits per heavy atom. The van der Waals surface area contributed by atoms with E-state index < -0.39 is 17.2 Å². The van der Waals surface area contributed by atoms with Crippen LogP contribution in [0.25, 0.3) is 11.3 Å². The van der Waals surface area contributed by atoms with Gasteiger partial charge in [-0.05, 0) is 69.1 Å². The third-order valence-electron chi connectivity index (χ3n) is 6.68. The number of aromatic nitrogens is 1. The second-order valence-corrected chi connectivity index (χ2v) is 9.71. The van der Waals surface area contributed by atoms with Crippen LogP contribution in [0.1, 0.15) is 49.4 Å². The molecule has 0 radical (unpaired) electrons. The molecule has 164 valence electrons. The van der Waals surface area contributed by atoms with Gasteiger partial charge in [-0.2, -0.15) is 0 Å². The molecule has 5 nitrogen and oxygen atoms in total. The first-order valence-corrected chi connectivity index (χ1v) is 11.1. The van der Waals surface area contributed by atoms with Gasteiger partial charge in [-0.25, -0.2) is 8.78 Å². The first-order valence-electron chi connectivity index (χ1n) is 11.1. The summed E-state index contributed by atoms with van der Waals surface area (Å²) in [6.45, 7) is 3.16. The summed E-state index contributed by atoms with van der Waals surface area (Å²) in [5.41, 5.74) is 7.76. The van der Waals surface area contributed by atoms with Crippen molar-refractivity contribution in [2.24, 2.45) is 17.6 Å². The molecule has 31 heavy (non-hydrogen) atoms. The first kappa shape index (κ1) is 20.4. The number of benzene rings is 1. The molecule has 2 aromatic rings. The van der Waals surface area contributed by atoms with Crippen LogP contribution in [-0.2, 0) is 0 Å². The molecular weight excluding hydrogens is 398 g/mol. The number of nitrogens with one attached hydrogen (secondary N) is 1. The Morgan fingerprint density at radius 2 is 1.84 bits per heavy atom.